The molecule has 0 unspecified atom stereocenters. The van der Waals surface area contributed by atoms with Gasteiger partial charge < -0.3 is 15.8 Å². The van der Waals surface area contributed by atoms with Crippen molar-refractivity contribution in [3.63, 3.8) is 0 Å². The Kier molecular flexibility index (Phi) is 6.27. The molecule has 0 aliphatic rings. The topological polar surface area (TPSA) is 90.1 Å². The Morgan fingerprint density at radius 1 is 1.13 bits per heavy atom. The molecule has 0 spiro atoms. The SMILES string of the molecule is CCNC(=O)c1cc2c(-c3cc(OCc4ccccc4)c(Cl)cc3Cl)nc(N)nc2s1. The van der Waals surface area contributed by atoms with Crippen LogP contribution in [0.3, 0.4) is 0 Å². The van der Waals surface area contributed by atoms with Gasteiger partial charge >= 0.3 is 0 Å². The first-order valence-electron chi connectivity index (χ1n) is 9.47. The summed E-state index contributed by atoms with van der Waals surface area (Å²) in [4.78, 5) is 22.1. The van der Waals surface area contributed by atoms with Gasteiger partial charge in [0, 0.05) is 17.5 Å². The molecule has 0 saturated heterocycles. The van der Waals surface area contributed by atoms with Gasteiger partial charge in [-0.25, -0.2) is 9.97 Å². The van der Waals surface area contributed by atoms with Gasteiger partial charge in [-0.15, -0.1) is 11.3 Å². The van der Waals surface area contributed by atoms with Gasteiger partial charge in [-0.05, 0) is 30.7 Å². The predicted molar refractivity (Wildman–Crippen MR) is 126 cm³/mol. The van der Waals surface area contributed by atoms with Crippen LogP contribution in [0.1, 0.15) is 22.2 Å². The first-order valence-corrected chi connectivity index (χ1v) is 11.0. The van der Waals surface area contributed by atoms with Crippen LogP contribution in [0, 0.1) is 0 Å². The van der Waals surface area contributed by atoms with E-state index < -0.39 is 0 Å². The number of benzene rings is 2. The summed E-state index contributed by atoms with van der Waals surface area (Å²) >= 11 is 14.1. The van der Waals surface area contributed by atoms with Crippen molar-refractivity contribution >= 4 is 56.6 Å². The van der Waals surface area contributed by atoms with Gasteiger partial charge in [-0.3, -0.25) is 4.79 Å². The molecule has 0 saturated carbocycles. The quantitative estimate of drug-likeness (QED) is 0.382. The van der Waals surface area contributed by atoms with Crippen LogP contribution in [0.4, 0.5) is 5.95 Å². The number of hydrogen-bond donors (Lipinski definition) is 2. The molecule has 9 heteroatoms. The second-order valence-electron chi connectivity index (χ2n) is 6.66. The Morgan fingerprint density at radius 2 is 1.90 bits per heavy atom. The van der Waals surface area contributed by atoms with Crippen LogP contribution in [0.5, 0.6) is 5.75 Å². The highest BCUT2D eigenvalue weighted by Gasteiger charge is 2.19. The standard InChI is InChI=1S/C22H18Cl2N4O2S/c1-2-26-20(29)18-9-14-19(27-22(25)28-21(14)31-18)13-8-17(16(24)10-15(13)23)30-11-12-6-4-3-5-7-12/h3-10H,2,11H2,1H3,(H,26,29)(H2,25,27,28). The molecule has 0 radical (unpaired) electrons. The molecule has 158 valence electrons. The fraction of sp³-hybridized carbons (Fsp3) is 0.136. The third-order valence-corrected chi connectivity index (χ3v) is 6.12. The molecule has 4 rings (SSSR count). The van der Waals surface area contributed by atoms with Crippen molar-refractivity contribution in [3.8, 4) is 17.0 Å². The molecule has 3 N–H and O–H groups in total. The first-order chi connectivity index (χ1) is 15.0. The largest absolute Gasteiger partial charge is 0.487 e. The Bertz CT molecular complexity index is 1260. The number of nitrogen functional groups attached to an aromatic ring is 1. The summed E-state index contributed by atoms with van der Waals surface area (Å²) < 4.78 is 5.93. The van der Waals surface area contributed by atoms with Crippen LogP contribution in [-0.4, -0.2) is 22.4 Å². The van der Waals surface area contributed by atoms with Crippen molar-refractivity contribution in [3.05, 3.63) is 69.0 Å². The lowest BCUT2D eigenvalue weighted by atomic mass is 10.1. The van der Waals surface area contributed by atoms with E-state index in [4.69, 9.17) is 33.7 Å². The van der Waals surface area contributed by atoms with Crippen molar-refractivity contribution in [1.82, 2.24) is 15.3 Å². The van der Waals surface area contributed by atoms with Crippen LogP contribution in [0.15, 0.2) is 48.5 Å². The van der Waals surface area contributed by atoms with Crippen LogP contribution >= 0.6 is 34.5 Å². The number of nitrogens with two attached hydrogens (primary N) is 1. The van der Waals surface area contributed by atoms with Crippen molar-refractivity contribution in [2.75, 3.05) is 12.3 Å². The molecule has 2 heterocycles. The lowest BCUT2D eigenvalue weighted by Gasteiger charge is -2.12. The van der Waals surface area contributed by atoms with E-state index in [1.165, 1.54) is 11.3 Å². The number of hydrogen-bond acceptors (Lipinski definition) is 6. The van der Waals surface area contributed by atoms with E-state index in [0.29, 0.717) is 55.3 Å². The van der Waals surface area contributed by atoms with Crippen LogP contribution in [0.2, 0.25) is 10.0 Å². The van der Waals surface area contributed by atoms with E-state index in [-0.39, 0.29) is 11.9 Å². The van der Waals surface area contributed by atoms with Gasteiger partial charge in [0.05, 0.1) is 20.6 Å². The van der Waals surface area contributed by atoms with Crippen molar-refractivity contribution in [2.45, 2.75) is 13.5 Å². The molecule has 2 aromatic carbocycles. The number of nitrogens with zero attached hydrogens (tertiary/aromatic N) is 2. The first kappa shape index (κ1) is 21.4. The van der Waals surface area contributed by atoms with E-state index >= 15 is 0 Å². The molecular formula is C22H18Cl2N4O2S. The Hall–Kier alpha value is -2.87. The molecule has 0 aliphatic carbocycles. The lowest BCUT2D eigenvalue weighted by Crippen LogP contribution is -2.21. The molecular weight excluding hydrogens is 455 g/mol. The maximum absolute atomic E-state index is 12.3. The van der Waals surface area contributed by atoms with Gasteiger partial charge in [-0.1, -0.05) is 53.5 Å². The number of anilines is 1. The number of carbonyl (C=O) groups excluding carboxylic acids is 1. The number of fused-ring (bicyclic) bond motifs is 1. The molecule has 0 fully saturated rings. The van der Waals surface area contributed by atoms with Crippen LogP contribution < -0.4 is 15.8 Å². The summed E-state index contributed by atoms with van der Waals surface area (Å²) in [7, 11) is 0. The van der Waals surface area contributed by atoms with Crippen molar-refractivity contribution < 1.29 is 9.53 Å². The molecule has 0 aliphatic heterocycles. The summed E-state index contributed by atoms with van der Waals surface area (Å²) in [5, 5.41) is 4.24. The maximum atomic E-state index is 12.3. The highest BCUT2D eigenvalue weighted by Crippen LogP contribution is 2.40. The molecule has 1 amide bonds. The summed E-state index contributed by atoms with van der Waals surface area (Å²) in [6.07, 6.45) is 0. The summed E-state index contributed by atoms with van der Waals surface area (Å²) in [5.74, 6) is 0.378. The second-order valence-corrected chi connectivity index (χ2v) is 8.50. The number of ether oxygens (including phenoxy) is 1. The number of rotatable bonds is 6. The van der Waals surface area contributed by atoms with Gasteiger partial charge in [0.25, 0.3) is 5.91 Å². The number of carbonyl (C=O) groups is 1. The van der Waals surface area contributed by atoms with Gasteiger partial charge in [0.1, 0.15) is 17.2 Å². The monoisotopic (exact) mass is 472 g/mol. The van der Waals surface area contributed by atoms with Gasteiger partial charge in [-0.2, -0.15) is 0 Å². The summed E-state index contributed by atoms with van der Waals surface area (Å²) in [5.41, 5.74) is 8.06. The Morgan fingerprint density at radius 3 is 2.65 bits per heavy atom. The Labute approximate surface area is 193 Å². The number of amides is 1. The zero-order chi connectivity index (χ0) is 22.0. The fourth-order valence-corrected chi connectivity index (χ4v) is 4.54. The van der Waals surface area contributed by atoms with E-state index in [1.54, 1.807) is 18.2 Å². The maximum Gasteiger partial charge on any atom is 0.261 e. The predicted octanol–water partition coefficient (Wildman–Crippen LogP) is 5.58. The average molecular weight is 473 g/mol. The molecule has 4 aromatic rings. The minimum atomic E-state index is -0.177. The number of halogens is 2. The molecule has 2 aromatic heterocycles. The summed E-state index contributed by atoms with van der Waals surface area (Å²) in [6.45, 7) is 2.74. The highest BCUT2D eigenvalue weighted by atomic mass is 35.5. The fourth-order valence-electron chi connectivity index (χ4n) is 3.06. The smallest absolute Gasteiger partial charge is 0.261 e. The average Bonchev–Trinajstić information content (AvgIpc) is 3.18. The normalized spacial score (nSPS) is 10.9. The van der Waals surface area contributed by atoms with Crippen molar-refractivity contribution in [2.24, 2.45) is 0 Å². The second kappa shape index (κ2) is 9.09. The minimum Gasteiger partial charge on any atom is -0.487 e. The third-order valence-electron chi connectivity index (χ3n) is 4.49. The molecule has 0 atom stereocenters. The van der Waals surface area contributed by atoms with E-state index in [1.807, 2.05) is 37.3 Å². The Balaban J connectivity index is 1.77. The van der Waals surface area contributed by atoms with Crippen molar-refractivity contribution in [1.29, 1.82) is 0 Å². The third kappa shape index (κ3) is 4.58. The van der Waals surface area contributed by atoms with E-state index in [9.17, 15) is 4.79 Å². The van der Waals surface area contributed by atoms with E-state index in [2.05, 4.69) is 15.3 Å². The number of nitrogens with one attached hydrogen (secondary N) is 1. The summed E-state index contributed by atoms with van der Waals surface area (Å²) in [6, 6.07) is 14.8. The molecule has 6 nitrogen and oxygen atoms in total. The zero-order valence-electron chi connectivity index (χ0n) is 16.5. The zero-order valence-corrected chi connectivity index (χ0v) is 18.8. The number of thiophene rings is 1. The van der Waals surface area contributed by atoms with Gasteiger partial charge in [0.2, 0.25) is 5.95 Å². The van der Waals surface area contributed by atoms with Crippen LogP contribution in [0.25, 0.3) is 21.5 Å². The van der Waals surface area contributed by atoms with Gasteiger partial charge in [0.15, 0.2) is 0 Å². The van der Waals surface area contributed by atoms with Crippen LogP contribution in [-0.2, 0) is 6.61 Å². The molecule has 0 bridgehead atoms. The number of aromatic nitrogens is 2. The lowest BCUT2D eigenvalue weighted by molar-refractivity contribution is 0.0960. The molecule has 31 heavy (non-hydrogen) atoms. The van der Waals surface area contributed by atoms with E-state index in [0.717, 1.165) is 5.56 Å². The highest BCUT2D eigenvalue weighted by molar-refractivity contribution is 7.20. The minimum absolute atomic E-state index is 0.0876.